The predicted octanol–water partition coefficient (Wildman–Crippen LogP) is 8.22. The third-order valence-corrected chi connectivity index (χ3v) is 7.93. The molecule has 0 aliphatic heterocycles. The summed E-state index contributed by atoms with van der Waals surface area (Å²) < 4.78 is 5.21. The lowest BCUT2D eigenvalue weighted by molar-refractivity contribution is -0.139. The number of alkyl carbamates (subject to hydrolysis) is 1. The van der Waals surface area contributed by atoms with Gasteiger partial charge in [-0.25, -0.2) is 9.59 Å². The number of hydrogen-bond acceptors (Lipinski definition) is 6. The maximum absolute atomic E-state index is 12.1. The molecule has 0 unspecified atom stereocenters. The highest BCUT2D eigenvalue weighted by molar-refractivity contribution is 5.79. The number of rotatable bonds is 29. The van der Waals surface area contributed by atoms with Crippen molar-refractivity contribution >= 4 is 12.1 Å². The monoisotopic (exact) mass is 615 g/mol. The van der Waals surface area contributed by atoms with Gasteiger partial charge in [0.25, 0.3) is 0 Å². The quantitative estimate of drug-likeness (QED) is 0.0627. The van der Waals surface area contributed by atoms with E-state index in [-0.39, 0.29) is 0 Å². The number of ether oxygens (including phenoxy) is 1. The Hall–Kier alpha value is -1.38. The molecule has 0 aromatic rings. The van der Waals surface area contributed by atoms with Gasteiger partial charge in [0.05, 0.1) is 12.2 Å². The van der Waals surface area contributed by atoms with Gasteiger partial charge in [0.15, 0.2) is 0 Å². The number of carbonyl (C=O) groups excluding carboxylic acids is 1. The van der Waals surface area contributed by atoms with Crippen LogP contribution in [0.5, 0.6) is 0 Å². The van der Waals surface area contributed by atoms with Crippen molar-refractivity contribution in [2.24, 2.45) is 0 Å². The molecule has 8 heteroatoms. The standard InChI is InChI=1S/C35H70N2O6/c1-6-8-10-12-14-16-18-20-24-30(38)28-37(29-31(39)25-21-19-17-15-13-11-9-7-2)27-23-22-26-32(33(40)41)36-34(42)43-35(3,4)5/h30-32,38-39H,6-29H2,1-5H3,(H,36,42)(H,40,41)/t30-,31-,32-/m0/s1. The van der Waals surface area contributed by atoms with Gasteiger partial charge >= 0.3 is 12.1 Å². The summed E-state index contributed by atoms with van der Waals surface area (Å²) >= 11 is 0. The maximum Gasteiger partial charge on any atom is 0.408 e. The average molecular weight is 615 g/mol. The number of aliphatic hydroxyl groups is 2. The Bertz CT molecular complexity index is 641. The first kappa shape index (κ1) is 41.6. The van der Waals surface area contributed by atoms with Crippen molar-refractivity contribution in [2.75, 3.05) is 19.6 Å². The van der Waals surface area contributed by atoms with Crippen LogP contribution in [0.15, 0.2) is 0 Å². The van der Waals surface area contributed by atoms with Crippen molar-refractivity contribution in [1.82, 2.24) is 10.2 Å². The van der Waals surface area contributed by atoms with E-state index in [1.165, 1.54) is 77.0 Å². The topological polar surface area (TPSA) is 119 Å². The van der Waals surface area contributed by atoms with E-state index in [2.05, 4.69) is 24.1 Å². The number of aliphatic carboxylic acids is 1. The van der Waals surface area contributed by atoms with E-state index in [1.807, 2.05) is 0 Å². The van der Waals surface area contributed by atoms with E-state index in [0.29, 0.717) is 32.5 Å². The number of hydrogen-bond donors (Lipinski definition) is 4. The Labute approximate surface area is 264 Å². The molecule has 3 atom stereocenters. The normalized spacial score (nSPS) is 14.0. The highest BCUT2D eigenvalue weighted by atomic mass is 16.6. The smallest absolute Gasteiger partial charge is 0.408 e. The van der Waals surface area contributed by atoms with E-state index in [1.54, 1.807) is 20.8 Å². The highest BCUT2D eigenvalue weighted by Gasteiger charge is 2.24. The minimum Gasteiger partial charge on any atom is -0.480 e. The van der Waals surface area contributed by atoms with Crippen molar-refractivity contribution in [3.8, 4) is 0 Å². The van der Waals surface area contributed by atoms with E-state index in [9.17, 15) is 24.9 Å². The first-order valence-corrected chi connectivity index (χ1v) is 17.8. The zero-order valence-electron chi connectivity index (χ0n) is 28.7. The summed E-state index contributed by atoms with van der Waals surface area (Å²) in [6.07, 6.45) is 21.3. The second-order valence-corrected chi connectivity index (χ2v) is 13.6. The molecule has 0 heterocycles. The van der Waals surface area contributed by atoms with Gasteiger partial charge in [-0.1, -0.05) is 117 Å². The van der Waals surface area contributed by atoms with Gasteiger partial charge in [-0.05, 0) is 59.4 Å². The van der Waals surface area contributed by atoms with Crippen LogP contribution in [0.1, 0.15) is 169 Å². The lowest BCUT2D eigenvalue weighted by Gasteiger charge is -2.28. The molecule has 0 saturated carbocycles. The molecule has 0 spiro atoms. The number of unbranched alkanes of at least 4 members (excludes halogenated alkanes) is 15. The van der Waals surface area contributed by atoms with Gasteiger partial charge in [0.2, 0.25) is 0 Å². The van der Waals surface area contributed by atoms with Crippen LogP contribution in [0.4, 0.5) is 4.79 Å². The van der Waals surface area contributed by atoms with Crippen molar-refractivity contribution in [3.05, 3.63) is 0 Å². The van der Waals surface area contributed by atoms with Crippen molar-refractivity contribution < 1.29 is 29.6 Å². The maximum atomic E-state index is 12.1. The fraction of sp³-hybridized carbons (Fsp3) is 0.943. The van der Waals surface area contributed by atoms with Gasteiger partial charge in [-0.15, -0.1) is 0 Å². The lowest BCUT2D eigenvalue weighted by Crippen LogP contribution is -2.43. The van der Waals surface area contributed by atoms with Gasteiger partial charge < -0.3 is 25.4 Å². The zero-order chi connectivity index (χ0) is 32.3. The van der Waals surface area contributed by atoms with Crippen LogP contribution < -0.4 is 5.32 Å². The molecule has 0 radical (unpaired) electrons. The summed E-state index contributed by atoms with van der Waals surface area (Å²) in [7, 11) is 0. The number of nitrogens with one attached hydrogen (secondary N) is 1. The second-order valence-electron chi connectivity index (χ2n) is 13.6. The fourth-order valence-corrected chi connectivity index (χ4v) is 5.45. The van der Waals surface area contributed by atoms with E-state index in [0.717, 1.165) is 44.9 Å². The number of aliphatic hydroxyl groups excluding tert-OH is 2. The summed E-state index contributed by atoms with van der Waals surface area (Å²) in [6.45, 7) is 11.4. The van der Waals surface area contributed by atoms with Crippen LogP contribution >= 0.6 is 0 Å². The molecule has 0 saturated heterocycles. The number of amides is 1. The van der Waals surface area contributed by atoms with Crippen LogP contribution in [0, 0.1) is 0 Å². The SMILES string of the molecule is CCCCCCCCCC[C@H](O)CN(CCCC[C@H](NC(=O)OC(C)(C)C)C(=O)O)C[C@@H](O)CCCCCCCCCC. The molecular formula is C35H70N2O6. The second kappa shape index (κ2) is 27.0. The van der Waals surface area contributed by atoms with Crippen molar-refractivity contribution in [3.63, 3.8) is 0 Å². The minimum absolute atomic E-state index is 0.296. The molecule has 256 valence electrons. The molecule has 0 aliphatic carbocycles. The Morgan fingerprint density at radius 2 is 1.05 bits per heavy atom. The molecule has 0 rings (SSSR count). The third-order valence-electron chi connectivity index (χ3n) is 7.93. The highest BCUT2D eigenvalue weighted by Crippen LogP contribution is 2.15. The molecule has 0 aromatic carbocycles. The Morgan fingerprint density at radius 1 is 0.651 bits per heavy atom. The lowest BCUT2D eigenvalue weighted by atomic mass is 10.0. The predicted molar refractivity (Wildman–Crippen MR) is 178 cm³/mol. The van der Waals surface area contributed by atoms with Gasteiger partial charge in [0, 0.05) is 13.1 Å². The van der Waals surface area contributed by atoms with E-state index in [4.69, 9.17) is 4.74 Å². The zero-order valence-corrected chi connectivity index (χ0v) is 28.7. The van der Waals surface area contributed by atoms with E-state index >= 15 is 0 Å². The fourth-order valence-electron chi connectivity index (χ4n) is 5.45. The molecule has 43 heavy (non-hydrogen) atoms. The van der Waals surface area contributed by atoms with Gasteiger partial charge in [0.1, 0.15) is 11.6 Å². The van der Waals surface area contributed by atoms with Crippen LogP contribution in [0.25, 0.3) is 0 Å². The molecule has 0 bridgehead atoms. The minimum atomic E-state index is -1.08. The molecular weight excluding hydrogens is 544 g/mol. The van der Waals surface area contributed by atoms with Crippen LogP contribution in [-0.2, 0) is 9.53 Å². The molecule has 0 aromatic heterocycles. The molecule has 1 amide bonds. The molecule has 0 aliphatic rings. The van der Waals surface area contributed by atoms with Crippen LogP contribution in [0.2, 0.25) is 0 Å². The number of carboxylic acid groups (broad SMARTS) is 1. The Balaban J connectivity index is 4.67. The number of nitrogens with zero attached hydrogens (tertiary/aromatic N) is 1. The average Bonchev–Trinajstić information content (AvgIpc) is 2.92. The largest absolute Gasteiger partial charge is 0.480 e. The van der Waals surface area contributed by atoms with Crippen LogP contribution in [-0.4, -0.2) is 75.8 Å². The first-order valence-electron chi connectivity index (χ1n) is 17.8. The van der Waals surface area contributed by atoms with Gasteiger partial charge in [-0.3, -0.25) is 4.90 Å². The van der Waals surface area contributed by atoms with Crippen molar-refractivity contribution in [1.29, 1.82) is 0 Å². The molecule has 8 nitrogen and oxygen atoms in total. The number of carboxylic acids is 1. The summed E-state index contributed by atoms with van der Waals surface area (Å²) in [5.74, 6) is -1.08. The summed E-state index contributed by atoms with van der Waals surface area (Å²) in [6, 6.07) is -1.01. The first-order chi connectivity index (χ1) is 20.5. The summed E-state index contributed by atoms with van der Waals surface area (Å²) in [4.78, 5) is 25.9. The molecule has 0 fully saturated rings. The Morgan fingerprint density at radius 3 is 1.44 bits per heavy atom. The third kappa shape index (κ3) is 27.9. The summed E-state index contributed by atoms with van der Waals surface area (Å²) in [5, 5.41) is 33.6. The Kier molecular flexibility index (Phi) is 26.1. The van der Waals surface area contributed by atoms with Crippen molar-refractivity contribution in [2.45, 2.75) is 193 Å². The van der Waals surface area contributed by atoms with E-state index < -0.39 is 35.9 Å². The van der Waals surface area contributed by atoms with Gasteiger partial charge in [-0.2, -0.15) is 0 Å². The molecule has 4 N–H and O–H groups in total. The number of carbonyl (C=O) groups is 2. The summed E-state index contributed by atoms with van der Waals surface area (Å²) in [5.41, 5.74) is -0.696. The van der Waals surface area contributed by atoms with Crippen LogP contribution in [0.3, 0.4) is 0 Å².